The summed E-state index contributed by atoms with van der Waals surface area (Å²) in [7, 11) is 0. The van der Waals surface area contributed by atoms with Crippen LogP contribution in [0.1, 0.15) is 22.3 Å². The zero-order valence-corrected chi connectivity index (χ0v) is 33.7. The van der Waals surface area contributed by atoms with Crippen LogP contribution in [0, 0.1) is 0 Å². The molecular formula is C61H42. The minimum Gasteiger partial charge on any atom is -0.0622 e. The van der Waals surface area contributed by atoms with Crippen LogP contribution in [-0.4, -0.2) is 0 Å². The highest BCUT2D eigenvalue weighted by molar-refractivity contribution is 5.90. The maximum atomic E-state index is 2.47. The summed E-state index contributed by atoms with van der Waals surface area (Å²) in [6.07, 6.45) is 0. The fourth-order valence-electron chi connectivity index (χ4n) is 9.66. The molecular weight excluding hydrogens is 733 g/mol. The Bertz CT molecular complexity index is 2940. The van der Waals surface area contributed by atoms with E-state index in [0.29, 0.717) is 0 Å². The van der Waals surface area contributed by atoms with Crippen LogP contribution in [0.4, 0.5) is 0 Å². The Balaban J connectivity index is 1.23. The lowest BCUT2D eigenvalue weighted by molar-refractivity contribution is 0.770. The second kappa shape index (κ2) is 15.4. The Hall–Kier alpha value is -7.80. The van der Waals surface area contributed by atoms with Crippen LogP contribution in [0.5, 0.6) is 0 Å². The molecule has 0 aliphatic heterocycles. The van der Waals surface area contributed by atoms with E-state index in [2.05, 4.69) is 255 Å². The molecule has 0 spiro atoms. The van der Waals surface area contributed by atoms with E-state index < -0.39 is 5.41 Å². The first-order chi connectivity index (χ1) is 30.2. The van der Waals surface area contributed by atoms with Crippen LogP contribution in [0.2, 0.25) is 0 Å². The summed E-state index contributed by atoms with van der Waals surface area (Å²) in [4.78, 5) is 0. The van der Waals surface area contributed by atoms with Gasteiger partial charge in [0.1, 0.15) is 0 Å². The van der Waals surface area contributed by atoms with E-state index in [1.807, 2.05) is 0 Å². The molecule has 0 bridgehead atoms. The monoisotopic (exact) mass is 774 g/mol. The summed E-state index contributed by atoms with van der Waals surface area (Å²) >= 11 is 0. The molecule has 0 amide bonds. The number of hydrogen-bond acceptors (Lipinski definition) is 0. The molecule has 0 heterocycles. The Morgan fingerprint density at radius 2 is 0.426 bits per heavy atom. The molecule has 0 nitrogen and oxygen atoms in total. The van der Waals surface area contributed by atoms with Gasteiger partial charge in [-0.15, -0.1) is 0 Å². The van der Waals surface area contributed by atoms with Crippen molar-refractivity contribution in [2.75, 3.05) is 0 Å². The predicted octanol–water partition coefficient (Wildman–Crippen LogP) is 16.1. The molecule has 0 saturated heterocycles. The third-order valence-corrected chi connectivity index (χ3v) is 12.5. The van der Waals surface area contributed by atoms with Crippen molar-refractivity contribution < 1.29 is 0 Å². The van der Waals surface area contributed by atoms with E-state index in [0.717, 1.165) is 0 Å². The lowest BCUT2D eigenvalue weighted by Gasteiger charge is -2.35. The van der Waals surface area contributed by atoms with Crippen LogP contribution in [-0.2, 0) is 5.41 Å². The molecule has 0 aromatic heterocycles. The standard InChI is InChI=1S/C61H42/c1-5-19-43(20-6-1)47-27-17-29-49(35-47)53-37-51(45-23-9-3-10-24-45)39-55(41-53)61(59-33-15-13-31-57(59)58-32-14-16-34-60(58)61)56-40-52(46-25-11-4-12-26-46)38-54(42-56)50-30-18-28-48(36-50)44-21-7-2-8-22-44/h1-42H. The smallest absolute Gasteiger partial charge is 0.0622 e. The average molecular weight is 775 g/mol. The van der Waals surface area contributed by atoms with Gasteiger partial charge in [-0.2, -0.15) is 0 Å². The van der Waals surface area contributed by atoms with Gasteiger partial charge in [-0.05, 0) is 149 Å². The van der Waals surface area contributed by atoms with E-state index in [4.69, 9.17) is 0 Å². The Labute approximate surface area is 358 Å². The summed E-state index contributed by atoms with van der Waals surface area (Å²) in [5.41, 5.74) is 21.3. The molecule has 10 aromatic rings. The normalized spacial score (nSPS) is 12.4. The highest BCUT2D eigenvalue weighted by atomic mass is 14.5. The summed E-state index contributed by atoms with van der Waals surface area (Å²) < 4.78 is 0. The maximum Gasteiger partial charge on any atom is 0.0714 e. The van der Waals surface area contributed by atoms with Gasteiger partial charge in [-0.25, -0.2) is 0 Å². The largest absolute Gasteiger partial charge is 0.0714 e. The van der Waals surface area contributed by atoms with Crippen LogP contribution in [0.15, 0.2) is 255 Å². The fraction of sp³-hybridized carbons (Fsp3) is 0.0164. The van der Waals surface area contributed by atoms with Gasteiger partial charge in [0.25, 0.3) is 0 Å². The minimum absolute atomic E-state index is 0.652. The second-order valence-corrected chi connectivity index (χ2v) is 16.1. The van der Waals surface area contributed by atoms with Crippen LogP contribution < -0.4 is 0 Å². The molecule has 10 aromatic carbocycles. The third-order valence-electron chi connectivity index (χ3n) is 12.5. The van der Waals surface area contributed by atoms with Crippen molar-refractivity contribution in [3.8, 4) is 77.9 Å². The van der Waals surface area contributed by atoms with Gasteiger partial charge in [0.15, 0.2) is 0 Å². The first-order valence-corrected chi connectivity index (χ1v) is 21.2. The van der Waals surface area contributed by atoms with Crippen molar-refractivity contribution in [2.24, 2.45) is 0 Å². The van der Waals surface area contributed by atoms with E-state index >= 15 is 0 Å². The van der Waals surface area contributed by atoms with Gasteiger partial charge in [-0.1, -0.05) is 206 Å². The molecule has 286 valence electrons. The molecule has 0 saturated carbocycles. The van der Waals surface area contributed by atoms with E-state index in [1.54, 1.807) is 0 Å². The summed E-state index contributed by atoms with van der Waals surface area (Å²) in [6.45, 7) is 0. The molecule has 61 heavy (non-hydrogen) atoms. The summed E-state index contributed by atoms with van der Waals surface area (Å²) in [6, 6.07) is 94.0. The molecule has 0 heteroatoms. The van der Waals surface area contributed by atoms with Gasteiger partial charge >= 0.3 is 0 Å². The molecule has 0 N–H and O–H groups in total. The van der Waals surface area contributed by atoms with Gasteiger partial charge in [-0.3, -0.25) is 0 Å². The zero-order chi connectivity index (χ0) is 40.6. The third kappa shape index (κ3) is 6.51. The fourth-order valence-corrected chi connectivity index (χ4v) is 9.66. The molecule has 1 aliphatic carbocycles. The number of rotatable bonds is 8. The van der Waals surface area contributed by atoms with Crippen LogP contribution in [0.25, 0.3) is 77.9 Å². The van der Waals surface area contributed by atoms with Gasteiger partial charge < -0.3 is 0 Å². The highest BCUT2D eigenvalue weighted by Gasteiger charge is 2.46. The summed E-state index contributed by atoms with van der Waals surface area (Å²) in [5.74, 6) is 0. The molecule has 1 aliphatic rings. The Kier molecular flexibility index (Phi) is 9.17. The summed E-state index contributed by atoms with van der Waals surface area (Å²) in [5, 5.41) is 0. The molecule has 0 radical (unpaired) electrons. The highest BCUT2D eigenvalue weighted by Crippen LogP contribution is 2.57. The number of fused-ring (bicyclic) bond motifs is 3. The van der Waals surface area contributed by atoms with E-state index in [-0.39, 0.29) is 0 Å². The lowest BCUT2D eigenvalue weighted by Crippen LogP contribution is -2.29. The first-order valence-electron chi connectivity index (χ1n) is 21.2. The topological polar surface area (TPSA) is 0 Å². The maximum absolute atomic E-state index is 2.47. The van der Waals surface area contributed by atoms with Gasteiger partial charge in [0.05, 0.1) is 5.41 Å². The number of benzene rings is 10. The van der Waals surface area contributed by atoms with E-state index in [1.165, 1.54) is 100 Å². The van der Waals surface area contributed by atoms with Crippen LogP contribution >= 0.6 is 0 Å². The van der Waals surface area contributed by atoms with Crippen molar-refractivity contribution in [3.63, 3.8) is 0 Å². The number of hydrogen-bond donors (Lipinski definition) is 0. The zero-order valence-electron chi connectivity index (χ0n) is 33.7. The lowest BCUT2D eigenvalue weighted by atomic mass is 9.66. The SMILES string of the molecule is c1ccc(-c2cccc(-c3cc(-c4ccccc4)cc(C4(c5cc(-c6ccccc6)cc(-c6cccc(-c7ccccc7)c6)c5)c5ccccc5-c5ccccc54)c3)c2)cc1. The molecule has 0 fully saturated rings. The van der Waals surface area contributed by atoms with Crippen molar-refractivity contribution in [1.29, 1.82) is 0 Å². The Morgan fingerprint density at radius 1 is 0.180 bits per heavy atom. The van der Waals surface area contributed by atoms with Crippen molar-refractivity contribution >= 4 is 0 Å². The first kappa shape index (κ1) is 36.3. The van der Waals surface area contributed by atoms with Gasteiger partial charge in [0, 0.05) is 0 Å². The predicted molar refractivity (Wildman–Crippen MR) is 256 cm³/mol. The van der Waals surface area contributed by atoms with Crippen LogP contribution in [0.3, 0.4) is 0 Å². The Morgan fingerprint density at radius 3 is 0.787 bits per heavy atom. The van der Waals surface area contributed by atoms with Crippen molar-refractivity contribution in [1.82, 2.24) is 0 Å². The van der Waals surface area contributed by atoms with Crippen molar-refractivity contribution in [2.45, 2.75) is 5.41 Å². The second-order valence-electron chi connectivity index (χ2n) is 16.1. The van der Waals surface area contributed by atoms with Gasteiger partial charge in [0.2, 0.25) is 0 Å². The molecule has 11 rings (SSSR count). The molecule has 0 unspecified atom stereocenters. The average Bonchev–Trinajstić information content (AvgIpc) is 3.66. The van der Waals surface area contributed by atoms with E-state index in [9.17, 15) is 0 Å². The minimum atomic E-state index is -0.652. The molecule has 0 atom stereocenters. The quantitative estimate of drug-likeness (QED) is 0.144. The van der Waals surface area contributed by atoms with Crippen molar-refractivity contribution in [3.05, 3.63) is 277 Å².